The van der Waals surface area contributed by atoms with Gasteiger partial charge in [-0.25, -0.2) is 15.0 Å². The van der Waals surface area contributed by atoms with Crippen LogP contribution in [0.1, 0.15) is 34.8 Å². The van der Waals surface area contributed by atoms with Gasteiger partial charge < -0.3 is 15.5 Å². The summed E-state index contributed by atoms with van der Waals surface area (Å²) in [7, 11) is 0. The first-order chi connectivity index (χ1) is 15.6. The van der Waals surface area contributed by atoms with Crippen LogP contribution < -0.4 is 15.5 Å². The molecule has 1 aliphatic heterocycles. The van der Waals surface area contributed by atoms with E-state index in [-0.39, 0.29) is 5.91 Å². The molecule has 3 aromatic heterocycles. The number of carbonyl (C=O) groups is 1. The Bertz CT molecular complexity index is 1270. The summed E-state index contributed by atoms with van der Waals surface area (Å²) in [5, 5.41) is 6.31. The maximum Gasteiger partial charge on any atom is 0.274 e. The zero-order chi connectivity index (χ0) is 22.1. The van der Waals surface area contributed by atoms with Crippen molar-refractivity contribution in [3.63, 3.8) is 0 Å². The van der Waals surface area contributed by atoms with Gasteiger partial charge in [0.15, 0.2) is 0 Å². The third kappa shape index (κ3) is 3.99. The van der Waals surface area contributed by atoms with E-state index in [4.69, 9.17) is 0 Å². The molecule has 0 saturated carbocycles. The van der Waals surface area contributed by atoms with Gasteiger partial charge in [-0.2, -0.15) is 0 Å². The van der Waals surface area contributed by atoms with Crippen LogP contribution in [0.3, 0.4) is 0 Å². The maximum absolute atomic E-state index is 12.9. The predicted octanol–water partition coefficient (Wildman–Crippen LogP) is 4.34. The summed E-state index contributed by atoms with van der Waals surface area (Å²) in [4.78, 5) is 28.7. The van der Waals surface area contributed by atoms with Gasteiger partial charge in [-0.1, -0.05) is 6.07 Å². The standard InChI is InChI=1S/C24H25N7O/c1-16-23(31-14-4-3-7-21(31)25-16)24(32)29-19-10-8-18(9-11-19)28-20-15-22(27-17(2)26-20)30-12-5-6-13-30/h3-4,7-11,14-15H,5-6,12-13H2,1-2H3,(H,29,32)(H,26,27,28). The molecule has 4 heterocycles. The highest BCUT2D eigenvalue weighted by atomic mass is 16.2. The average molecular weight is 428 g/mol. The predicted molar refractivity (Wildman–Crippen MR) is 126 cm³/mol. The first-order valence-corrected chi connectivity index (χ1v) is 10.8. The first-order valence-electron chi connectivity index (χ1n) is 10.8. The smallest absolute Gasteiger partial charge is 0.274 e. The van der Waals surface area contributed by atoms with Crippen molar-refractivity contribution in [2.24, 2.45) is 0 Å². The molecule has 0 spiro atoms. The van der Waals surface area contributed by atoms with Gasteiger partial charge in [0.25, 0.3) is 5.91 Å². The van der Waals surface area contributed by atoms with E-state index in [1.165, 1.54) is 12.8 Å². The molecule has 1 amide bonds. The highest BCUT2D eigenvalue weighted by Crippen LogP contribution is 2.24. The van der Waals surface area contributed by atoms with Crippen LogP contribution in [0.5, 0.6) is 0 Å². The van der Waals surface area contributed by atoms with Crippen LogP contribution in [0.2, 0.25) is 0 Å². The lowest BCUT2D eigenvalue weighted by atomic mass is 10.2. The number of imidazole rings is 1. The average Bonchev–Trinajstić information content (AvgIpc) is 3.42. The minimum absolute atomic E-state index is 0.191. The zero-order valence-corrected chi connectivity index (χ0v) is 18.2. The van der Waals surface area contributed by atoms with Crippen molar-refractivity contribution >= 4 is 34.6 Å². The highest BCUT2D eigenvalue weighted by Gasteiger charge is 2.17. The summed E-state index contributed by atoms with van der Waals surface area (Å²) in [5.74, 6) is 2.27. The minimum Gasteiger partial charge on any atom is -0.356 e. The second-order valence-electron chi connectivity index (χ2n) is 7.98. The summed E-state index contributed by atoms with van der Waals surface area (Å²) in [6, 6.07) is 15.2. The zero-order valence-electron chi connectivity index (χ0n) is 18.2. The Balaban J connectivity index is 1.30. The molecule has 0 bridgehead atoms. The molecule has 1 fully saturated rings. The second-order valence-corrected chi connectivity index (χ2v) is 7.98. The highest BCUT2D eigenvalue weighted by molar-refractivity contribution is 6.04. The second kappa shape index (κ2) is 8.30. The fourth-order valence-electron chi connectivity index (χ4n) is 4.09. The molecule has 1 aromatic carbocycles. The van der Waals surface area contributed by atoms with Gasteiger partial charge in [0, 0.05) is 36.7 Å². The van der Waals surface area contributed by atoms with Crippen molar-refractivity contribution in [2.75, 3.05) is 28.6 Å². The number of aromatic nitrogens is 4. The number of amides is 1. The van der Waals surface area contributed by atoms with Crippen LogP contribution >= 0.6 is 0 Å². The van der Waals surface area contributed by atoms with Crippen LogP contribution in [-0.4, -0.2) is 38.3 Å². The Morgan fingerprint density at radius 3 is 2.47 bits per heavy atom. The van der Waals surface area contributed by atoms with Crippen LogP contribution in [0.25, 0.3) is 5.65 Å². The first kappa shape index (κ1) is 20.0. The minimum atomic E-state index is -0.191. The topological polar surface area (TPSA) is 87.4 Å². The number of carbonyl (C=O) groups excluding carboxylic acids is 1. The number of hydrogen-bond donors (Lipinski definition) is 2. The summed E-state index contributed by atoms with van der Waals surface area (Å²) in [5.41, 5.74) is 3.58. The molecular weight excluding hydrogens is 402 g/mol. The quantitative estimate of drug-likeness (QED) is 0.493. The number of fused-ring (bicyclic) bond motifs is 1. The third-order valence-electron chi connectivity index (χ3n) is 5.59. The lowest BCUT2D eigenvalue weighted by molar-refractivity contribution is 0.102. The summed E-state index contributed by atoms with van der Waals surface area (Å²) in [6.45, 7) is 5.83. The van der Waals surface area contributed by atoms with E-state index in [2.05, 4.69) is 30.5 Å². The van der Waals surface area contributed by atoms with Crippen LogP contribution in [0.15, 0.2) is 54.7 Å². The van der Waals surface area contributed by atoms with Crippen molar-refractivity contribution in [2.45, 2.75) is 26.7 Å². The van der Waals surface area contributed by atoms with Gasteiger partial charge >= 0.3 is 0 Å². The fraction of sp³-hybridized carbons (Fsp3) is 0.250. The van der Waals surface area contributed by atoms with Crippen LogP contribution in [0, 0.1) is 13.8 Å². The Morgan fingerprint density at radius 2 is 1.69 bits per heavy atom. The molecule has 0 atom stereocenters. The Hall–Kier alpha value is -3.94. The van der Waals surface area contributed by atoms with Crippen molar-refractivity contribution in [3.8, 4) is 0 Å². The van der Waals surface area contributed by atoms with E-state index < -0.39 is 0 Å². The molecule has 0 aliphatic carbocycles. The number of pyridine rings is 1. The number of hydrogen-bond acceptors (Lipinski definition) is 6. The lowest BCUT2D eigenvalue weighted by Gasteiger charge is -2.18. The number of aryl methyl sites for hydroxylation is 2. The molecule has 8 nitrogen and oxygen atoms in total. The Morgan fingerprint density at radius 1 is 0.938 bits per heavy atom. The molecule has 1 saturated heterocycles. The number of rotatable bonds is 5. The largest absolute Gasteiger partial charge is 0.356 e. The normalized spacial score (nSPS) is 13.5. The van der Waals surface area contributed by atoms with E-state index in [0.29, 0.717) is 17.1 Å². The summed E-state index contributed by atoms with van der Waals surface area (Å²) < 4.78 is 1.80. The van der Waals surface area contributed by atoms with E-state index in [0.717, 1.165) is 41.9 Å². The van der Waals surface area contributed by atoms with Gasteiger partial charge in [0.05, 0.1) is 5.69 Å². The van der Waals surface area contributed by atoms with Gasteiger partial charge in [0.2, 0.25) is 0 Å². The molecule has 162 valence electrons. The van der Waals surface area contributed by atoms with Crippen molar-refractivity contribution in [3.05, 3.63) is 71.9 Å². The Kier molecular flexibility index (Phi) is 5.18. The van der Waals surface area contributed by atoms with Crippen LogP contribution in [0.4, 0.5) is 23.0 Å². The molecule has 2 N–H and O–H groups in total. The number of nitrogens with zero attached hydrogens (tertiary/aromatic N) is 5. The van der Waals surface area contributed by atoms with Crippen molar-refractivity contribution in [1.29, 1.82) is 0 Å². The summed E-state index contributed by atoms with van der Waals surface area (Å²) >= 11 is 0. The molecule has 0 unspecified atom stereocenters. The molecule has 0 radical (unpaired) electrons. The van der Waals surface area contributed by atoms with E-state index >= 15 is 0 Å². The lowest BCUT2D eigenvalue weighted by Crippen LogP contribution is -2.19. The molecular formula is C24H25N7O. The summed E-state index contributed by atoms with van der Waals surface area (Å²) in [6.07, 6.45) is 4.25. The number of benzene rings is 1. The van der Waals surface area contributed by atoms with E-state index in [1.54, 1.807) is 4.40 Å². The van der Waals surface area contributed by atoms with Gasteiger partial charge in [-0.15, -0.1) is 0 Å². The number of anilines is 4. The molecule has 8 heteroatoms. The molecule has 32 heavy (non-hydrogen) atoms. The van der Waals surface area contributed by atoms with Crippen LogP contribution in [-0.2, 0) is 0 Å². The van der Waals surface area contributed by atoms with Gasteiger partial charge in [-0.05, 0) is 63.1 Å². The number of nitrogens with one attached hydrogen (secondary N) is 2. The Labute approximate surface area is 186 Å². The van der Waals surface area contributed by atoms with E-state index in [1.807, 2.05) is 68.6 Å². The van der Waals surface area contributed by atoms with Gasteiger partial charge in [0.1, 0.15) is 28.8 Å². The van der Waals surface area contributed by atoms with Crippen molar-refractivity contribution < 1.29 is 4.79 Å². The monoisotopic (exact) mass is 427 g/mol. The molecule has 4 aromatic rings. The SMILES string of the molecule is Cc1nc(Nc2ccc(NC(=O)c3c(C)nc4ccccn34)cc2)cc(N2CCCC2)n1. The molecule has 1 aliphatic rings. The van der Waals surface area contributed by atoms with E-state index in [9.17, 15) is 4.79 Å². The third-order valence-corrected chi connectivity index (χ3v) is 5.59. The van der Waals surface area contributed by atoms with Gasteiger partial charge in [-0.3, -0.25) is 9.20 Å². The fourth-order valence-corrected chi connectivity index (χ4v) is 4.09. The maximum atomic E-state index is 12.9. The molecule has 5 rings (SSSR count). The van der Waals surface area contributed by atoms with Crippen molar-refractivity contribution in [1.82, 2.24) is 19.4 Å².